The van der Waals surface area contributed by atoms with Crippen molar-refractivity contribution < 1.29 is 4.79 Å². The average Bonchev–Trinajstić information content (AvgIpc) is 2.65. The number of aromatic nitrogens is 2. The van der Waals surface area contributed by atoms with Crippen molar-refractivity contribution in [1.29, 1.82) is 0 Å². The van der Waals surface area contributed by atoms with E-state index in [-0.39, 0.29) is 5.91 Å². The summed E-state index contributed by atoms with van der Waals surface area (Å²) in [5.74, 6) is -0.0895. The summed E-state index contributed by atoms with van der Waals surface area (Å²) in [6, 6.07) is 7.70. The molecule has 1 amide bonds. The number of para-hydroxylation sites is 2. The highest BCUT2D eigenvalue weighted by Crippen LogP contribution is 2.09. The van der Waals surface area contributed by atoms with Gasteiger partial charge in [0.2, 0.25) is 5.91 Å². The zero-order valence-corrected chi connectivity index (χ0v) is 14.7. The summed E-state index contributed by atoms with van der Waals surface area (Å²) in [6.45, 7) is 6.21. The van der Waals surface area contributed by atoms with Crippen LogP contribution in [0.15, 0.2) is 36.5 Å². The maximum atomic E-state index is 11.9. The van der Waals surface area contributed by atoms with Crippen molar-refractivity contribution in [2.24, 2.45) is 0 Å². The van der Waals surface area contributed by atoms with Crippen LogP contribution in [0.25, 0.3) is 17.1 Å². The predicted molar refractivity (Wildman–Crippen MR) is 100 cm³/mol. The molecule has 6 nitrogen and oxygen atoms in total. The molecule has 1 N–H and O–H groups in total. The lowest BCUT2D eigenvalue weighted by atomic mass is 10.3. The molecule has 0 spiro atoms. The number of rotatable bonds is 6. The van der Waals surface area contributed by atoms with E-state index in [9.17, 15) is 4.79 Å². The number of nitrogens with one attached hydrogen (secondary N) is 1. The van der Waals surface area contributed by atoms with Crippen LogP contribution in [-0.2, 0) is 4.79 Å². The van der Waals surface area contributed by atoms with Crippen LogP contribution in [-0.4, -0.2) is 72.0 Å². The number of benzene rings is 1. The van der Waals surface area contributed by atoms with Gasteiger partial charge >= 0.3 is 0 Å². The van der Waals surface area contributed by atoms with Gasteiger partial charge < -0.3 is 15.1 Å². The van der Waals surface area contributed by atoms with Crippen molar-refractivity contribution in [3.8, 4) is 0 Å². The molecule has 2 aromatic rings. The average molecular weight is 339 g/mol. The molecule has 6 heteroatoms. The molecule has 1 fully saturated rings. The van der Waals surface area contributed by atoms with E-state index in [2.05, 4.69) is 32.1 Å². The monoisotopic (exact) mass is 339 g/mol. The molecule has 0 bridgehead atoms. The van der Waals surface area contributed by atoms with E-state index in [0.717, 1.165) is 50.2 Å². The van der Waals surface area contributed by atoms with Crippen LogP contribution in [0.4, 0.5) is 0 Å². The minimum atomic E-state index is -0.0895. The molecule has 25 heavy (non-hydrogen) atoms. The predicted octanol–water partition coefficient (Wildman–Crippen LogP) is 1.40. The summed E-state index contributed by atoms with van der Waals surface area (Å²) in [7, 11) is 2.16. The van der Waals surface area contributed by atoms with E-state index in [1.807, 2.05) is 24.3 Å². The second-order valence-electron chi connectivity index (χ2n) is 6.41. The fourth-order valence-electron chi connectivity index (χ4n) is 2.86. The number of amides is 1. The topological polar surface area (TPSA) is 61.4 Å². The quantitative estimate of drug-likeness (QED) is 0.637. The number of fused-ring (bicyclic) bond motifs is 1. The van der Waals surface area contributed by atoms with Gasteiger partial charge in [0, 0.05) is 38.8 Å². The first kappa shape index (κ1) is 17.5. The van der Waals surface area contributed by atoms with Crippen molar-refractivity contribution in [2.45, 2.75) is 6.42 Å². The zero-order valence-electron chi connectivity index (χ0n) is 14.7. The number of carbonyl (C=O) groups is 1. The summed E-state index contributed by atoms with van der Waals surface area (Å²) >= 11 is 0. The molecule has 1 aromatic carbocycles. The van der Waals surface area contributed by atoms with E-state index >= 15 is 0 Å². The molecular weight excluding hydrogens is 314 g/mol. The van der Waals surface area contributed by atoms with Crippen molar-refractivity contribution in [2.75, 3.05) is 46.3 Å². The molecule has 1 saturated heterocycles. The number of likely N-dealkylation sites (N-methyl/N-ethyl adjacent to an activating group) is 1. The first-order valence-corrected chi connectivity index (χ1v) is 8.79. The summed E-state index contributed by atoms with van der Waals surface area (Å²) in [5, 5.41) is 2.93. The van der Waals surface area contributed by atoms with Gasteiger partial charge in [0.25, 0.3) is 0 Å². The first-order chi connectivity index (χ1) is 12.2. The smallest absolute Gasteiger partial charge is 0.244 e. The molecular formula is C19H25N5O. The van der Waals surface area contributed by atoms with Crippen LogP contribution < -0.4 is 5.32 Å². The van der Waals surface area contributed by atoms with Crippen LogP contribution in [0, 0.1) is 0 Å². The second-order valence-corrected chi connectivity index (χ2v) is 6.41. The Hall–Kier alpha value is -2.31. The Bertz CT molecular complexity index is 737. The van der Waals surface area contributed by atoms with Crippen LogP contribution in [0.5, 0.6) is 0 Å². The molecule has 0 saturated carbocycles. The second kappa shape index (κ2) is 8.69. The van der Waals surface area contributed by atoms with Crippen LogP contribution in [0.3, 0.4) is 0 Å². The first-order valence-electron chi connectivity index (χ1n) is 8.79. The Balaban J connectivity index is 1.40. The van der Waals surface area contributed by atoms with Gasteiger partial charge in [-0.3, -0.25) is 9.78 Å². The Morgan fingerprint density at radius 1 is 1.20 bits per heavy atom. The number of carbonyl (C=O) groups excluding carboxylic acids is 1. The molecule has 1 aromatic heterocycles. The molecule has 1 aliphatic rings. The van der Waals surface area contributed by atoms with Gasteiger partial charge in [-0.25, -0.2) is 4.98 Å². The molecule has 132 valence electrons. The minimum absolute atomic E-state index is 0.0895. The summed E-state index contributed by atoms with van der Waals surface area (Å²) in [4.78, 5) is 25.5. The van der Waals surface area contributed by atoms with Gasteiger partial charge in [-0.05, 0) is 38.2 Å². The lowest BCUT2D eigenvalue weighted by Crippen LogP contribution is -2.45. The number of hydrogen-bond donors (Lipinski definition) is 1. The van der Waals surface area contributed by atoms with E-state index in [1.165, 1.54) is 6.08 Å². The molecule has 0 radical (unpaired) electrons. The van der Waals surface area contributed by atoms with Gasteiger partial charge in [0.1, 0.15) is 0 Å². The van der Waals surface area contributed by atoms with Crippen molar-refractivity contribution in [3.05, 3.63) is 42.2 Å². The molecule has 0 unspecified atom stereocenters. The number of hydrogen-bond acceptors (Lipinski definition) is 5. The van der Waals surface area contributed by atoms with Crippen molar-refractivity contribution >= 4 is 23.0 Å². The van der Waals surface area contributed by atoms with E-state index < -0.39 is 0 Å². The Labute approximate surface area is 148 Å². The van der Waals surface area contributed by atoms with Crippen molar-refractivity contribution in [1.82, 2.24) is 25.1 Å². The van der Waals surface area contributed by atoms with Gasteiger partial charge in [-0.1, -0.05) is 12.1 Å². The van der Waals surface area contributed by atoms with Gasteiger partial charge in [-0.2, -0.15) is 0 Å². The molecule has 1 aliphatic heterocycles. The third-order valence-corrected chi connectivity index (χ3v) is 4.42. The van der Waals surface area contributed by atoms with Gasteiger partial charge in [0.05, 0.1) is 22.9 Å². The fourth-order valence-corrected chi connectivity index (χ4v) is 2.86. The molecule has 3 rings (SSSR count). The number of piperazine rings is 1. The number of nitrogens with zero attached hydrogens (tertiary/aromatic N) is 4. The summed E-state index contributed by atoms with van der Waals surface area (Å²) in [6.07, 6.45) is 5.88. The van der Waals surface area contributed by atoms with E-state index in [1.54, 1.807) is 12.3 Å². The lowest BCUT2D eigenvalue weighted by molar-refractivity contribution is -0.116. The Morgan fingerprint density at radius 2 is 1.96 bits per heavy atom. The minimum Gasteiger partial charge on any atom is -0.353 e. The van der Waals surface area contributed by atoms with Gasteiger partial charge in [0.15, 0.2) is 0 Å². The van der Waals surface area contributed by atoms with Gasteiger partial charge in [-0.15, -0.1) is 0 Å². The molecule has 0 aliphatic carbocycles. The maximum Gasteiger partial charge on any atom is 0.244 e. The van der Waals surface area contributed by atoms with Crippen LogP contribution >= 0.6 is 0 Å². The molecule has 2 heterocycles. The highest BCUT2D eigenvalue weighted by Gasteiger charge is 2.12. The van der Waals surface area contributed by atoms with Crippen LogP contribution in [0.2, 0.25) is 0 Å². The maximum absolute atomic E-state index is 11.9. The zero-order chi connectivity index (χ0) is 17.5. The standard InChI is InChI=1S/C19H25N5O/c1-23-11-13-24(14-12-23)10-4-9-20-19(25)8-7-16-15-21-17-5-2-3-6-18(17)22-16/h2-3,5-8,15H,4,9-14H2,1H3,(H,20,25)/b8-7+. The van der Waals surface area contributed by atoms with Crippen LogP contribution in [0.1, 0.15) is 12.1 Å². The normalized spacial score (nSPS) is 16.5. The Morgan fingerprint density at radius 3 is 2.76 bits per heavy atom. The largest absolute Gasteiger partial charge is 0.353 e. The third kappa shape index (κ3) is 5.34. The highest BCUT2D eigenvalue weighted by molar-refractivity contribution is 5.91. The highest BCUT2D eigenvalue weighted by atomic mass is 16.1. The summed E-state index contributed by atoms with van der Waals surface area (Å²) in [5.41, 5.74) is 2.37. The Kier molecular flexibility index (Phi) is 6.09. The third-order valence-electron chi connectivity index (χ3n) is 4.42. The lowest BCUT2D eigenvalue weighted by Gasteiger charge is -2.32. The SMILES string of the molecule is CN1CCN(CCCNC(=O)/C=C/c2cnc3ccccc3n2)CC1. The van der Waals surface area contributed by atoms with Crippen molar-refractivity contribution in [3.63, 3.8) is 0 Å². The molecule has 0 atom stereocenters. The fraction of sp³-hybridized carbons (Fsp3) is 0.421. The van der Waals surface area contributed by atoms with E-state index in [0.29, 0.717) is 12.2 Å². The van der Waals surface area contributed by atoms with E-state index in [4.69, 9.17) is 0 Å². The summed E-state index contributed by atoms with van der Waals surface area (Å²) < 4.78 is 0.